The fourth-order valence-corrected chi connectivity index (χ4v) is 4.02. The number of amides is 1. The first-order valence-corrected chi connectivity index (χ1v) is 11.4. The standard InChI is InChI=1S/C23H29ClN6O3/c1-30-10-7-16(8-11-30)27-20-18(24)13-26-23-21(20)28-22(29-23)15-3-5-17(6-4-15)33-12-9-25-19(31)14-32-2/h3-6,13,16H,7-12,14H2,1-2H3,(H,25,31)(H2,26,27,28,29). The molecule has 0 radical (unpaired) electrons. The summed E-state index contributed by atoms with van der Waals surface area (Å²) in [4.78, 5) is 26.2. The van der Waals surface area contributed by atoms with E-state index >= 15 is 0 Å². The number of rotatable bonds is 9. The zero-order valence-corrected chi connectivity index (χ0v) is 19.6. The first-order valence-electron chi connectivity index (χ1n) is 11.0. The van der Waals surface area contributed by atoms with Crippen molar-refractivity contribution in [2.45, 2.75) is 18.9 Å². The Morgan fingerprint density at radius 3 is 2.76 bits per heavy atom. The minimum absolute atomic E-state index is 0.0432. The summed E-state index contributed by atoms with van der Waals surface area (Å²) < 4.78 is 10.5. The number of likely N-dealkylation sites (tertiary alicyclic amines) is 1. The van der Waals surface area contributed by atoms with Gasteiger partial charge in [0, 0.05) is 18.7 Å². The summed E-state index contributed by atoms with van der Waals surface area (Å²) in [5.41, 5.74) is 3.20. The quantitative estimate of drug-likeness (QED) is 0.411. The summed E-state index contributed by atoms with van der Waals surface area (Å²) in [6.07, 6.45) is 3.78. The molecule has 1 aromatic carbocycles. The lowest BCUT2D eigenvalue weighted by molar-refractivity contribution is -0.124. The van der Waals surface area contributed by atoms with Gasteiger partial charge in [-0.15, -0.1) is 0 Å². The van der Waals surface area contributed by atoms with Crippen molar-refractivity contribution >= 4 is 34.4 Å². The predicted molar refractivity (Wildman–Crippen MR) is 129 cm³/mol. The number of nitrogens with one attached hydrogen (secondary N) is 3. The van der Waals surface area contributed by atoms with Crippen molar-refractivity contribution in [1.82, 2.24) is 25.2 Å². The molecule has 1 aliphatic heterocycles. The minimum atomic E-state index is -0.167. The molecule has 176 valence electrons. The second-order valence-corrected chi connectivity index (χ2v) is 8.55. The van der Waals surface area contributed by atoms with E-state index in [1.165, 1.54) is 7.11 Å². The summed E-state index contributed by atoms with van der Waals surface area (Å²) in [5.74, 6) is 1.26. The van der Waals surface area contributed by atoms with Crippen molar-refractivity contribution < 1.29 is 14.3 Å². The molecule has 33 heavy (non-hydrogen) atoms. The van der Waals surface area contributed by atoms with Gasteiger partial charge in [0.25, 0.3) is 0 Å². The lowest BCUT2D eigenvalue weighted by atomic mass is 10.1. The van der Waals surface area contributed by atoms with Gasteiger partial charge >= 0.3 is 0 Å². The van der Waals surface area contributed by atoms with E-state index in [0.29, 0.717) is 41.4 Å². The number of aromatic amines is 1. The number of benzene rings is 1. The van der Waals surface area contributed by atoms with E-state index in [9.17, 15) is 4.79 Å². The third-order valence-electron chi connectivity index (χ3n) is 5.64. The number of hydrogen-bond acceptors (Lipinski definition) is 7. The largest absolute Gasteiger partial charge is 0.492 e. The van der Waals surface area contributed by atoms with Gasteiger partial charge in [-0.3, -0.25) is 4.79 Å². The van der Waals surface area contributed by atoms with Crippen LogP contribution >= 0.6 is 11.6 Å². The van der Waals surface area contributed by atoms with Crippen LogP contribution in [0.3, 0.4) is 0 Å². The van der Waals surface area contributed by atoms with E-state index in [1.807, 2.05) is 24.3 Å². The number of aromatic nitrogens is 3. The maximum atomic E-state index is 11.4. The summed E-state index contributed by atoms with van der Waals surface area (Å²) >= 11 is 6.49. The van der Waals surface area contributed by atoms with E-state index in [2.05, 4.69) is 37.5 Å². The molecule has 0 atom stereocenters. The number of anilines is 1. The Morgan fingerprint density at radius 2 is 2.03 bits per heavy atom. The molecule has 0 unspecified atom stereocenters. The smallest absolute Gasteiger partial charge is 0.246 e. The first-order chi connectivity index (χ1) is 16.0. The van der Waals surface area contributed by atoms with Crippen LogP contribution in [0.15, 0.2) is 30.5 Å². The van der Waals surface area contributed by atoms with Gasteiger partial charge in [-0.2, -0.15) is 0 Å². The second-order valence-electron chi connectivity index (χ2n) is 8.14. The molecule has 4 rings (SSSR count). The number of methoxy groups -OCH3 is 1. The molecule has 3 aromatic rings. The lowest BCUT2D eigenvalue weighted by Crippen LogP contribution is -2.36. The van der Waals surface area contributed by atoms with Crippen LogP contribution in [0.5, 0.6) is 5.75 Å². The minimum Gasteiger partial charge on any atom is -0.492 e. The summed E-state index contributed by atoms with van der Waals surface area (Å²) in [7, 11) is 3.63. The number of H-pyrrole nitrogens is 1. The number of imidazole rings is 1. The Labute approximate surface area is 197 Å². The Balaban J connectivity index is 1.42. The molecule has 9 nitrogen and oxygen atoms in total. The molecule has 3 heterocycles. The summed E-state index contributed by atoms with van der Waals surface area (Å²) in [6, 6.07) is 7.98. The molecular formula is C23H29ClN6O3. The van der Waals surface area contributed by atoms with Gasteiger partial charge in [0.2, 0.25) is 5.91 Å². The summed E-state index contributed by atoms with van der Waals surface area (Å²) in [5, 5.41) is 6.90. The second kappa shape index (κ2) is 10.8. The average Bonchev–Trinajstić information content (AvgIpc) is 3.25. The number of carbonyl (C=O) groups is 1. The fraction of sp³-hybridized carbons (Fsp3) is 0.435. The average molecular weight is 473 g/mol. The van der Waals surface area contributed by atoms with E-state index in [0.717, 1.165) is 42.7 Å². The van der Waals surface area contributed by atoms with Crippen LogP contribution < -0.4 is 15.4 Å². The third-order valence-corrected chi connectivity index (χ3v) is 5.92. The highest BCUT2D eigenvalue weighted by atomic mass is 35.5. The monoisotopic (exact) mass is 472 g/mol. The molecular weight excluding hydrogens is 444 g/mol. The Hall–Kier alpha value is -2.88. The number of carbonyl (C=O) groups excluding carboxylic acids is 1. The van der Waals surface area contributed by atoms with Crippen LogP contribution in [0, 0.1) is 0 Å². The molecule has 1 saturated heterocycles. The van der Waals surface area contributed by atoms with Crippen molar-refractivity contribution in [2.24, 2.45) is 0 Å². The number of piperidine rings is 1. The van der Waals surface area contributed by atoms with Crippen LogP contribution in [-0.4, -0.2) is 78.8 Å². The molecule has 1 fully saturated rings. The van der Waals surface area contributed by atoms with Gasteiger partial charge in [-0.05, 0) is 57.2 Å². The molecule has 0 bridgehead atoms. The molecule has 1 amide bonds. The van der Waals surface area contributed by atoms with Crippen molar-refractivity contribution in [1.29, 1.82) is 0 Å². The topological polar surface area (TPSA) is 104 Å². The van der Waals surface area contributed by atoms with Crippen molar-refractivity contribution in [3.05, 3.63) is 35.5 Å². The first kappa shape index (κ1) is 23.3. The van der Waals surface area contributed by atoms with Gasteiger partial charge in [-0.25, -0.2) is 9.97 Å². The van der Waals surface area contributed by atoms with E-state index in [1.54, 1.807) is 6.20 Å². The Morgan fingerprint density at radius 1 is 1.27 bits per heavy atom. The molecule has 0 saturated carbocycles. The van der Waals surface area contributed by atoms with Crippen molar-refractivity contribution in [3.8, 4) is 17.1 Å². The highest BCUT2D eigenvalue weighted by Crippen LogP contribution is 2.32. The van der Waals surface area contributed by atoms with E-state index < -0.39 is 0 Å². The molecule has 10 heteroatoms. The maximum absolute atomic E-state index is 11.4. The Kier molecular flexibility index (Phi) is 7.64. The third kappa shape index (κ3) is 5.93. The number of hydrogen-bond donors (Lipinski definition) is 3. The molecule has 0 aliphatic carbocycles. The van der Waals surface area contributed by atoms with E-state index in [4.69, 9.17) is 21.1 Å². The Bertz CT molecular complexity index is 1080. The van der Waals surface area contributed by atoms with Gasteiger partial charge in [0.15, 0.2) is 5.65 Å². The zero-order chi connectivity index (χ0) is 23.2. The maximum Gasteiger partial charge on any atom is 0.246 e. The van der Waals surface area contributed by atoms with Crippen molar-refractivity contribution in [2.75, 3.05) is 52.3 Å². The molecule has 0 spiro atoms. The van der Waals surface area contributed by atoms with Gasteiger partial charge in [0.05, 0.1) is 23.5 Å². The van der Waals surface area contributed by atoms with Crippen LogP contribution in [0.25, 0.3) is 22.6 Å². The van der Waals surface area contributed by atoms with Crippen LogP contribution in [-0.2, 0) is 9.53 Å². The SMILES string of the molecule is COCC(=O)NCCOc1ccc(-c2nc3ncc(Cl)c(NC4CCN(C)CC4)c3[nH]2)cc1. The predicted octanol–water partition coefficient (Wildman–Crippen LogP) is 2.93. The summed E-state index contributed by atoms with van der Waals surface area (Å²) in [6.45, 7) is 2.94. The lowest BCUT2D eigenvalue weighted by Gasteiger charge is -2.30. The van der Waals surface area contributed by atoms with Gasteiger partial charge in [0.1, 0.15) is 30.3 Å². The highest BCUT2D eigenvalue weighted by Gasteiger charge is 2.20. The van der Waals surface area contributed by atoms with Crippen LogP contribution in [0.1, 0.15) is 12.8 Å². The van der Waals surface area contributed by atoms with Crippen LogP contribution in [0.4, 0.5) is 5.69 Å². The van der Waals surface area contributed by atoms with Gasteiger partial charge in [-0.1, -0.05) is 11.6 Å². The zero-order valence-electron chi connectivity index (χ0n) is 18.9. The molecule has 3 N–H and O–H groups in total. The highest BCUT2D eigenvalue weighted by molar-refractivity contribution is 6.34. The molecule has 2 aromatic heterocycles. The van der Waals surface area contributed by atoms with Crippen LogP contribution in [0.2, 0.25) is 5.02 Å². The fourth-order valence-electron chi connectivity index (χ4n) is 3.82. The normalized spacial score (nSPS) is 15.0. The number of pyridine rings is 1. The molecule has 1 aliphatic rings. The number of ether oxygens (including phenoxy) is 2. The number of nitrogens with zero attached hydrogens (tertiary/aromatic N) is 3. The number of fused-ring (bicyclic) bond motifs is 1. The number of halogens is 1. The van der Waals surface area contributed by atoms with Crippen molar-refractivity contribution in [3.63, 3.8) is 0 Å². The van der Waals surface area contributed by atoms with Gasteiger partial charge < -0.3 is 30.0 Å². The van der Waals surface area contributed by atoms with E-state index in [-0.39, 0.29) is 12.5 Å².